The van der Waals surface area contributed by atoms with Gasteiger partial charge in [-0.05, 0) is 24.3 Å². The van der Waals surface area contributed by atoms with E-state index in [1.165, 1.54) is 0 Å². The van der Waals surface area contributed by atoms with Gasteiger partial charge < -0.3 is 13.6 Å². The van der Waals surface area contributed by atoms with Crippen LogP contribution in [0.1, 0.15) is 11.5 Å². The molecule has 2 aromatic heterocycles. The summed E-state index contributed by atoms with van der Waals surface area (Å²) >= 11 is 0. The largest absolute Gasteiger partial charge is 0.469 e. The number of carbonyl (C=O) groups excluding carboxylic acids is 1. The average molecular weight is 216 g/mol. The second-order valence-corrected chi connectivity index (χ2v) is 2.91. The van der Waals surface area contributed by atoms with Crippen molar-refractivity contribution >= 4 is 6.29 Å². The van der Waals surface area contributed by atoms with Crippen molar-refractivity contribution < 1.29 is 13.6 Å². The third-order valence-corrected chi connectivity index (χ3v) is 1.72. The van der Waals surface area contributed by atoms with Crippen LogP contribution in [0.25, 0.3) is 0 Å². The zero-order chi connectivity index (χ0) is 11.6. The summed E-state index contributed by atoms with van der Waals surface area (Å²) < 4.78 is 9.77. The maximum absolute atomic E-state index is 9.81. The van der Waals surface area contributed by atoms with Crippen LogP contribution >= 0.6 is 0 Å². The van der Waals surface area contributed by atoms with E-state index in [1.54, 1.807) is 24.7 Å². The van der Waals surface area contributed by atoms with E-state index in [2.05, 4.69) is 5.92 Å². The summed E-state index contributed by atoms with van der Waals surface area (Å²) in [6, 6.07) is 7.22. The SMILES string of the molecule is C#CCc1ccco1.O=CCc1ccco1. The van der Waals surface area contributed by atoms with Crippen LogP contribution in [-0.2, 0) is 17.6 Å². The summed E-state index contributed by atoms with van der Waals surface area (Å²) in [7, 11) is 0. The molecule has 3 heteroatoms. The molecule has 3 nitrogen and oxygen atoms in total. The van der Waals surface area contributed by atoms with E-state index in [-0.39, 0.29) is 0 Å². The summed E-state index contributed by atoms with van der Waals surface area (Å²) in [5.41, 5.74) is 0. The molecule has 0 spiro atoms. The standard InChI is InChI=1S/C7H6O.C6H6O2/c1-2-4-7-5-3-6-8-7;7-4-3-6-2-1-5-8-6/h1,3,5-6H,4H2;1-2,4-5H,3H2. The Bertz CT molecular complexity index is 418. The monoisotopic (exact) mass is 216 g/mol. The minimum Gasteiger partial charge on any atom is -0.469 e. The lowest BCUT2D eigenvalue weighted by Gasteiger charge is -1.79. The second-order valence-electron chi connectivity index (χ2n) is 2.91. The smallest absolute Gasteiger partial charge is 0.127 e. The van der Waals surface area contributed by atoms with E-state index >= 15 is 0 Å². The molecule has 2 rings (SSSR count). The molecule has 0 aliphatic carbocycles. The van der Waals surface area contributed by atoms with Gasteiger partial charge in [0.2, 0.25) is 0 Å². The lowest BCUT2D eigenvalue weighted by molar-refractivity contribution is -0.107. The molecule has 16 heavy (non-hydrogen) atoms. The van der Waals surface area contributed by atoms with Gasteiger partial charge in [0, 0.05) is 0 Å². The van der Waals surface area contributed by atoms with Gasteiger partial charge in [0.05, 0.1) is 25.4 Å². The highest BCUT2D eigenvalue weighted by atomic mass is 16.3. The summed E-state index contributed by atoms with van der Waals surface area (Å²) in [5.74, 6) is 4.05. The molecule has 0 N–H and O–H groups in total. The summed E-state index contributed by atoms with van der Waals surface area (Å²) in [4.78, 5) is 9.81. The van der Waals surface area contributed by atoms with Crippen LogP contribution in [0, 0.1) is 12.3 Å². The maximum atomic E-state index is 9.81. The van der Waals surface area contributed by atoms with Crippen molar-refractivity contribution in [3.05, 3.63) is 48.3 Å². The highest BCUT2D eigenvalue weighted by Crippen LogP contribution is 1.98. The Morgan fingerprint density at radius 2 is 1.81 bits per heavy atom. The average Bonchev–Trinajstić information content (AvgIpc) is 2.92. The van der Waals surface area contributed by atoms with Crippen LogP contribution in [0.2, 0.25) is 0 Å². The van der Waals surface area contributed by atoms with Crippen LogP contribution in [-0.4, -0.2) is 6.29 Å². The first-order valence-corrected chi connectivity index (χ1v) is 4.78. The molecule has 2 aromatic rings. The van der Waals surface area contributed by atoms with Crippen molar-refractivity contribution in [1.82, 2.24) is 0 Å². The van der Waals surface area contributed by atoms with Crippen molar-refractivity contribution in [2.24, 2.45) is 0 Å². The van der Waals surface area contributed by atoms with E-state index in [0.717, 1.165) is 17.8 Å². The van der Waals surface area contributed by atoms with Gasteiger partial charge >= 0.3 is 0 Å². The normalized spacial score (nSPS) is 8.69. The van der Waals surface area contributed by atoms with Crippen LogP contribution in [0.15, 0.2) is 45.6 Å². The Morgan fingerprint density at radius 1 is 1.19 bits per heavy atom. The number of hydrogen-bond acceptors (Lipinski definition) is 3. The number of aldehydes is 1. The van der Waals surface area contributed by atoms with Crippen molar-refractivity contribution in [2.75, 3.05) is 0 Å². The first kappa shape index (κ1) is 11.9. The Morgan fingerprint density at radius 3 is 2.25 bits per heavy atom. The number of hydrogen-bond donors (Lipinski definition) is 0. The van der Waals surface area contributed by atoms with Crippen molar-refractivity contribution in [1.29, 1.82) is 0 Å². The molecule has 0 aliphatic rings. The molecule has 0 amide bonds. The fourth-order valence-electron chi connectivity index (χ4n) is 1.02. The van der Waals surface area contributed by atoms with E-state index in [1.807, 2.05) is 12.1 Å². The van der Waals surface area contributed by atoms with E-state index < -0.39 is 0 Å². The molecule has 0 saturated heterocycles. The summed E-state index contributed by atoms with van der Waals surface area (Å²) in [6.45, 7) is 0. The number of terminal acetylenes is 1. The first-order valence-electron chi connectivity index (χ1n) is 4.78. The quantitative estimate of drug-likeness (QED) is 0.584. The van der Waals surface area contributed by atoms with Crippen molar-refractivity contribution in [3.8, 4) is 12.3 Å². The predicted molar refractivity (Wildman–Crippen MR) is 59.7 cm³/mol. The van der Waals surface area contributed by atoms with Crippen molar-refractivity contribution in [3.63, 3.8) is 0 Å². The Kier molecular flexibility index (Phi) is 5.29. The molecule has 0 aliphatic heterocycles. The second kappa shape index (κ2) is 7.13. The van der Waals surface area contributed by atoms with Crippen LogP contribution < -0.4 is 0 Å². The first-order chi connectivity index (χ1) is 7.86. The number of carbonyl (C=O) groups is 1. The minimum absolute atomic E-state index is 0.382. The Labute approximate surface area is 94.1 Å². The van der Waals surface area contributed by atoms with Gasteiger partial charge in [-0.25, -0.2) is 0 Å². The highest BCUT2D eigenvalue weighted by Gasteiger charge is 1.89. The maximum Gasteiger partial charge on any atom is 0.127 e. The number of furan rings is 2. The third-order valence-electron chi connectivity index (χ3n) is 1.72. The Balaban J connectivity index is 0.000000160. The molecular weight excluding hydrogens is 204 g/mol. The van der Waals surface area contributed by atoms with Gasteiger partial charge in [0.15, 0.2) is 0 Å². The van der Waals surface area contributed by atoms with Gasteiger partial charge in [0.25, 0.3) is 0 Å². The van der Waals surface area contributed by atoms with E-state index in [0.29, 0.717) is 12.8 Å². The Hall–Kier alpha value is -2.21. The molecule has 0 bridgehead atoms. The van der Waals surface area contributed by atoms with Gasteiger partial charge in [-0.2, -0.15) is 0 Å². The molecule has 0 saturated carbocycles. The topological polar surface area (TPSA) is 43.4 Å². The number of rotatable bonds is 3. The molecule has 0 fully saturated rings. The molecule has 0 radical (unpaired) electrons. The fraction of sp³-hybridized carbons (Fsp3) is 0.154. The van der Waals surface area contributed by atoms with Crippen LogP contribution in [0.3, 0.4) is 0 Å². The molecule has 0 aromatic carbocycles. The van der Waals surface area contributed by atoms with Gasteiger partial charge in [-0.15, -0.1) is 6.42 Å². The summed E-state index contributed by atoms with van der Waals surface area (Å²) in [5, 5.41) is 0. The van der Waals surface area contributed by atoms with E-state index in [9.17, 15) is 4.79 Å². The van der Waals surface area contributed by atoms with Gasteiger partial charge in [-0.1, -0.05) is 5.92 Å². The zero-order valence-corrected chi connectivity index (χ0v) is 8.76. The van der Waals surface area contributed by atoms with Crippen LogP contribution in [0.5, 0.6) is 0 Å². The lowest BCUT2D eigenvalue weighted by Crippen LogP contribution is -1.78. The molecule has 82 valence electrons. The molecule has 0 unspecified atom stereocenters. The van der Waals surface area contributed by atoms with Gasteiger partial charge in [-0.3, -0.25) is 0 Å². The summed E-state index contributed by atoms with van der Waals surface area (Å²) in [6.07, 6.45) is 9.97. The molecule has 0 atom stereocenters. The highest BCUT2D eigenvalue weighted by molar-refractivity contribution is 5.52. The lowest BCUT2D eigenvalue weighted by atomic mass is 10.3. The minimum atomic E-state index is 0.382. The van der Waals surface area contributed by atoms with Gasteiger partial charge in [0.1, 0.15) is 17.8 Å². The predicted octanol–water partition coefficient (Wildman–Crippen LogP) is 2.48. The van der Waals surface area contributed by atoms with Crippen molar-refractivity contribution in [2.45, 2.75) is 12.8 Å². The molecule has 2 heterocycles. The van der Waals surface area contributed by atoms with Crippen LogP contribution in [0.4, 0.5) is 0 Å². The fourth-order valence-corrected chi connectivity index (χ4v) is 1.02. The molecular formula is C13H12O3. The zero-order valence-electron chi connectivity index (χ0n) is 8.76. The van der Waals surface area contributed by atoms with E-state index in [4.69, 9.17) is 15.3 Å². The third kappa shape index (κ3) is 4.34.